The van der Waals surface area contributed by atoms with E-state index in [-0.39, 0.29) is 6.79 Å². The van der Waals surface area contributed by atoms with Crippen molar-refractivity contribution in [2.45, 2.75) is 12.5 Å². The number of nitrogens with zero attached hydrogens (tertiary/aromatic N) is 1. The number of hydrogen-bond donors (Lipinski definition) is 1. The van der Waals surface area contributed by atoms with Crippen molar-refractivity contribution < 1.29 is 18.3 Å². The molecule has 0 spiro atoms. The molecule has 1 fully saturated rings. The second-order valence-corrected chi connectivity index (χ2v) is 4.65. The van der Waals surface area contributed by atoms with Crippen molar-refractivity contribution in [3.8, 4) is 11.5 Å². The summed E-state index contributed by atoms with van der Waals surface area (Å²) in [5.41, 5.74) is 0.520. The third-order valence-electron chi connectivity index (χ3n) is 3.53. The van der Waals surface area contributed by atoms with Crippen molar-refractivity contribution in [1.82, 2.24) is 10.2 Å². The molecule has 2 aliphatic rings. The highest BCUT2D eigenvalue weighted by atomic mass is 19.3. The molecule has 104 valence electrons. The first-order chi connectivity index (χ1) is 9.27. The minimum absolute atomic E-state index is 0.101. The molecule has 1 aromatic carbocycles. The molecular formula is C13H16F2N2O2. The van der Waals surface area contributed by atoms with Gasteiger partial charge in [-0.2, -0.15) is 0 Å². The Morgan fingerprint density at radius 1 is 1.16 bits per heavy atom. The lowest BCUT2D eigenvalue weighted by Gasteiger charge is -2.34. The number of fused-ring (bicyclic) bond motifs is 1. The second kappa shape index (κ2) is 5.30. The molecule has 0 unspecified atom stereocenters. The van der Waals surface area contributed by atoms with Crippen molar-refractivity contribution in [2.24, 2.45) is 0 Å². The van der Waals surface area contributed by atoms with Gasteiger partial charge < -0.3 is 14.8 Å². The maximum absolute atomic E-state index is 13.5. The zero-order valence-corrected chi connectivity index (χ0v) is 10.4. The molecule has 6 heteroatoms. The third-order valence-corrected chi connectivity index (χ3v) is 3.53. The third kappa shape index (κ3) is 2.37. The quantitative estimate of drug-likeness (QED) is 0.905. The molecule has 0 amide bonds. The number of piperazine rings is 1. The van der Waals surface area contributed by atoms with Crippen LogP contribution in [0.5, 0.6) is 11.5 Å². The molecule has 0 radical (unpaired) electrons. The molecule has 1 atom stereocenters. The van der Waals surface area contributed by atoms with Gasteiger partial charge in [0.15, 0.2) is 11.5 Å². The Morgan fingerprint density at radius 3 is 2.68 bits per heavy atom. The van der Waals surface area contributed by atoms with Gasteiger partial charge in [0.05, 0.1) is 0 Å². The van der Waals surface area contributed by atoms with Gasteiger partial charge in [0, 0.05) is 31.7 Å². The minimum atomic E-state index is -2.45. The second-order valence-electron chi connectivity index (χ2n) is 4.65. The summed E-state index contributed by atoms with van der Waals surface area (Å²) >= 11 is 0. The number of halogens is 2. The number of para-hydroxylation sites is 1. The molecular weight excluding hydrogens is 254 g/mol. The van der Waals surface area contributed by atoms with Gasteiger partial charge >= 0.3 is 0 Å². The van der Waals surface area contributed by atoms with Gasteiger partial charge in [0.25, 0.3) is 6.43 Å². The SMILES string of the molecule is FC(F)[C@H](c1cccc2c1OCO2)N1CCNCC1. The van der Waals surface area contributed by atoms with Crippen LogP contribution in [0.25, 0.3) is 0 Å². The molecule has 2 aliphatic heterocycles. The highest BCUT2D eigenvalue weighted by molar-refractivity contribution is 5.49. The maximum Gasteiger partial charge on any atom is 0.258 e. The van der Waals surface area contributed by atoms with Crippen molar-refractivity contribution in [3.63, 3.8) is 0 Å². The van der Waals surface area contributed by atoms with Crippen LogP contribution in [-0.4, -0.2) is 44.3 Å². The van der Waals surface area contributed by atoms with Crippen molar-refractivity contribution in [2.75, 3.05) is 33.0 Å². The molecule has 4 nitrogen and oxygen atoms in total. The van der Waals surface area contributed by atoms with E-state index in [9.17, 15) is 8.78 Å². The fourth-order valence-electron chi connectivity index (χ4n) is 2.64. The van der Waals surface area contributed by atoms with Crippen LogP contribution in [0.1, 0.15) is 11.6 Å². The van der Waals surface area contributed by atoms with E-state index < -0.39 is 12.5 Å². The molecule has 3 rings (SSSR count). The highest BCUT2D eigenvalue weighted by Gasteiger charge is 2.34. The largest absolute Gasteiger partial charge is 0.454 e. The van der Waals surface area contributed by atoms with E-state index in [1.54, 1.807) is 23.1 Å². The summed E-state index contributed by atoms with van der Waals surface area (Å²) in [6.07, 6.45) is -2.45. The molecule has 1 N–H and O–H groups in total. The predicted molar refractivity (Wildman–Crippen MR) is 65.8 cm³/mol. The van der Waals surface area contributed by atoms with E-state index >= 15 is 0 Å². The van der Waals surface area contributed by atoms with Gasteiger partial charge in [-0.25, -0.2) is 8.78 Å². The van der Waals surface area contributed by atoms with Crippen LogP contribution in [0.15, 0.2) is 18.2 Å². The minimum Gasteiger partial charge on any atom is -0.454 e. The molecule has 0 aliphatic carbocycles. The standard InChI is InChI=1S/C13H16F2N2O2/c14-13(15)11(17-6-4-16-5-7-17)9-2-1-3-10-12(9)19-8-18-10/h1-3,11,13,16H,4-8H2/t11-/m0/s1. The Morgan fingerprint density at radius 2 is 1.95 bits per heavy atom. The average Bonchev–Trinajstić information content (AvgIpc) is 2.89. The van der Waals surface area contributed by atoms with Crippen molar-refractivity contribution in [3.05, 3.63) is 23.8 Å². The van der Waals surface area contributed by atoms with Crippen LogP contribution >= 0.6 is 0 Å². The number of nitrogens with one attached hydrogen (secondary N) is 1. The molecule has 0 saturated carbocycles. The van der Waals surface area contributed by atoms with Crippen molar-refractivity contribution >= 4 is 0 Å². The van der Waals surface area contributed by atoms with Crippen LogP contribution in [-0.2, 0) is 0 Å². The summed E-state index contributed by atoms with van der Waals surface area (Å²) in [6.45, 7) is 2.79. The number of rotatable bonds is 3. The average molecular weight is 270 g/mol. The van der Waals surface area contributed by atoms with Crippen LogP contribution in [0.3, 0.4) is 0 Å². The van der Waals surface area contributed by atoms with Crippen LogP contribution in [0.4, 0.5) is 8.78 Å². The van der Waals surface area contributed by atoms with E-state index in [0.717, 1.165) is 13.1 Å². The lowest BCUT2D eigenvalue weighted by atomic mass is 10.0. The molecule has 0 aromatic heterocycles. The van der Waals surface area contributed by atoms with Crippen LogP contribution in [0, 0.1) is 0 Å². The van der Waals surface area contributed by atoms with Gasteiger partial charge in [0.2, 0.25) is 6.79 Å². The summed E-state index contributed by atoms with van der Waals surface area (Å²) in [5.74, 6) is 1.02. The number of alkyl halides is 2. The molecule has 1 saturated heterocycles. The summed E-state index contributed by atoms with van der Waals surface area (Å²) in [5, 5.41) is 3.17. The fourth-order valence-corrected chi connectivity index (χ4v) is 2.64. The number of benzene rings is 1. The van der Waals surface area contributed by atoms with E-state index in [4.69, 9.17) is 9.47 Å². The van der Waals surface area contributed by atoms with Gasteiger partial charge in [0.1, 0.15) is 6.04 Å². The zero-order valence-electron chi connectivity index (χ0n) is 10.4. The summed E-state index contributed by atoms with van der Waals surface area (Å²) in [6, 6.07) is 4.25. The number of hydrogen-bond acceptors (Lipinski definition) is 4. The molecule has 19 heavy (non-hydrogen) atoms. The highest BCUT2D eigenvalue weighted by Crippen LogP contribution is 2.42. The van der Waals surface area contributed by atoms with E-state index in [0.29, 0.717) is 30.2 Å². The zero-order chi connectivity index (χ0) is 13.2. The first kappa shape index (κ1) is 12.6. The van der Waals surface area contributed by atoms with Gasteiger partial charge in [-0.15, -0.1) is 0 Å². The predicted octanol–water partition coefficient (Wildman–Crippen LogP) is 1.63. The Labute approximate surface area is 110 Å². The maximum atomic E-state index is 13.5. The number of ether oxygens (including phenoxy) is 2. The molecule has 0 bridgehead atoms. The summed E-state index contributed by atoms with van der Waals surface area (Å²) in [7, 11) is 0. The Balaban J connectivity index is 1.94. The smallest absolute Gasteiger partial charge is 0.258 e. The lowest BCUT2D eigenvalue weighted by molar-refractivity contribution is 0.0168. The van der Waals surface area contributed by atoms with Crippen LogP contribution < -0.4 is 14.8 Å². The van der Waals surface area contributed by atoms with Gasteiger partial charge in [-0.1, -0.05) is 12.1 Å². The Hall–Kier alpha value is -1.40. The van der Waals surface area contributed by atoms with E-state index in [1.165, 1.54) is 0 Å². The lowest BCUT2D eigenvalue weighted by Crippen LogP contribution is -2.46. The summed E-state index contributed by atoms with van der Waals surface area (Å²) in [4.78, 5) is 1.80. The Bertz CT molecular complexity index is 450. The molecule has 1 aromatic rings. The normalized spacial score (nSPS) is 20.8. The van der Waals surface area contributed by atoms with E-state index in [1.807, 2.05) is 0 Å². The van der Waals surface area contributed by atoms with Crippen molar-refractivity contribution in [1.29, 1.82) is 0 Å². The first-order valence-corrected chi connectivity index (χ1v) is 6.39. The van der Waals surface area contributed by atoms with Gasteiger partial charge in [-0.05, 0) is 6.07 Å². The Kier molecular flexibility index (Phi) is 3.52. The topological polar surface area (TPSA) is 33.7 Å². The first-order valence-electron chi connectivity index (χ1n) is 6.39. The monoisotopic (exact) mass is 270 g/mol. The van der Waals surface area contributed by atoms with Gasteiger partial charge in [-0.3, -0.25) is 4.90 Å². The molecule has 2 heterocycles. The summed E-state index contributed by atoms with van der Waals surface area (Å²) < 4.78 is 37.6. The van der Waals surface area contributed by atoms with Crippen LogP contribution in [0.2, 0.25) is 0 Å². The van der Waals surface area contributed by atoms with E-state index in [2.05, 4.69) is 5.32 Å². The fraction of sp³-hybridized carbons (Fsp3) is 0.538.